The van der Waals surface area contributed by atoms with Crippen molar-refractivity contribution in [3.8, 4) is 0 Å². The number of carbonyl (C=O) groups excluding carboxylic acids is 2. The summed E-state index contributed by atoms with van der Waals surface area (Å²) in [5, 5.41) is 0. The smallest absolute Gasteiger partial charge is 0.309 e. The summed E-state index contributed by atoms with van der Waals surface area (Å²) in [6.45, 7) is 10.2. The van der Waals surface area contributed by atoms with E-state index in [9.17, 15) is 9.59 Å². The molecule has 34 heavy (non-hydrogen) atoms. The predicted molar refractivity (Wildman–Crippen MR) is 136 cm³/mol. The van der Waals surface area contributed by atoms with Gasteiger partial charge in [0.1, 0.15) is 0 Å². The zero-order chi connectivity index (χ0) is 25.0. The first-order valence-electron chi connectivity index (χ1n) is 14.1. The summed E-state index contributed by atoms with van der Waals surface area (Å²) in [5.41, 5.74) is 0. The van der Waals surface area contributed by atoms with E-state index in [1.54, 1.807) is 0 Å². The van der Waals surface area contributed by atoms with Gasteiger partial charge in [0.05, 0.1) is 37.3 Å². The van der Waals surface area contributed by atoms with Crippen LogP contribution in [0.25, 0.3) is 0 Å². The van der Waals surface area contributed by atoms with Gasteiger partial charge in [-0.1, -0.05) is 78.1 Å². The summed E-state index contributed by atoms with van der Waals surface area (Å²) in [4.78, 5) is 26.0. The van der Waals surface area contributed by atoms with Gasteiger partial charge in [0, 0.05) is 13.2 Å². The summed E-state index contributed by atoms with van der Waals surface area (Å²) >= 11 is 0. The van der Waals surface area contributed by atoms with Crippen LogP contribution in [0.1, 0.15) is 118 Å². The fraction of sp³-hybridized carbons (Fsp3) is 0.929. The van der Waals surface area contributed by atoms with Crippen molar-refractivity contribution in [3.63, 3.8) is 0 Å². The average molecular weight is 485 g/mol. The van der Waals surface area contributed by atoms with E-state index in [4.69, 9.17) is 18.9 Å². The van der Waals surface area contributed by atoms with Crippen molar-refractivity contribution in [1.29, 1.82) is 0 Å². The molecule has 0 aromatic carbocycles. The molecule has 6 heteroatoms. The van der Waals surface area contributed by atoms with Crippen molar-refractivity contribution in [2.24, 2.45) is 11.8 Å². The van der Waals surface area contributed by atoms with Gasteiger partial charge in [-0.25, -0.2) is 0 Å². The van der Waals surface area contributed by atoms with E-state index in [0.717, 1.165) is 25.7 Å². The highest BCUT2D eigenvalue weighted by molar-refractivity contribution is 5.82. The second kappa shape index (κ2) is 20.1. The minimum absolute atomic E-state index is 0.209. The van der Waals surface area contributed by atoms with E-state index in [2.05, 4.69) is 13.8 Å². The van der Waals surface area contributed by atoms with Gasteiger partial charge in [0.2, 0.25) is 0 Å². The van der Waals surface area contributed by atoms with Crippen LogP contribution in [-0.4, -0.2) is 50.6 Å². The third-order valence-corrected chi connectivity index (χ3v) is 6.72. The molecular formula is C28H52O6. The molecule has 6 nitrogen and oxygen atoms in total. The van der Waals surface area contributed by atoms with Gasteiger partial charge in [0.15, 0.2) is 0 Å². The molecular weight excluding hydrogens is 432 g/mol. The number of carbonyl (C=O) groups is 2. The molecule has 0 saturated heterocycles. The lowest BCUT2D eigenvalue weighted by molar-refractivity contribution is -0.175. The third kappa shape index (κ3) is 12.5. The van der Waals surface area contributed by atoms with Crippen LogP contribution in [0.15, 0.2) is 0 Å². The molecule has 1 aliphatic rings. The number of rotatable bonds is 20. The Morgan fingerprint density at radius 3 is 1.26 bits per heavy atom. The normalized spacial score (nSPS) is 22.5. The Kier molecular flexibility index (Phi) is 18.3. The fourth-order valence-corrected chi connectivity index (χ4v) is 4.76. The maximum atomic E-state index is 13.0. The van der Waals surface area contributed by atoms with Crippen LogP contribution in [0.4, 0.5) is 0 Å². The lowest BCUT2D eigenvalue weighted by atomic mass is 9.76. The van der Waals surface area contributed by atoms with E-state index in [-0.39, 0.29) is 24.1 Å². The molecule has 4 atom stereocenters. The highest BCUT2D eigenvalue weighted by atomic mass is 16.6. The van der Waals surface area contributed by atoms with E-state index in [1.807, 2.05) is 13.8 Å². The Hall–Kier alpha value is -1.14. The molecule has 1 aliphatic carbocycles. The SMILES string of the molecule is CCCCCCCCOC(=O)C1CC(OCC)C(OCC)CC1C(=O)OCCCCCCCC. The minimum atomic E-state index is -0.537. The van der Waals surface area contributed by atoms with Crippen molar-refractivity contribution in [1.82, 2.24) is 0 Å². The lowest BCUT2D eigenvalue weighted by Gasteiger charge is -2.38. The summed E-state index contributed by atoms with van der Waals surface area (Å²) in [6.07, 6.45) is 14.1. The summed E-state index contributed by atoms with van der Waals surface area (Å²) in [5.74, 6) is -1.67. The molecule has 4 unspecified atom stereocenters. The van der Waals surface area contributed by atoms with Gasteiger partial charge in [-0.2, -0.15) is 0 Å². The molecule has 1 fully saturated rings. The van der Waals surface area contributed by atoms with Crippen LogP contribution in [0.5, 0.6) is 0 Å². The Morgan fingerprint density at radius 1 is 0.559 bits per heavy atom. The molecule has 0 bridgehead atoms. The second-order valence-corrected chi connectivity index (χ2v) is 9.54. The maximum Gasteiger partial charge on any atom is 0.309 e. The minimum Gasteiger partial charge on any atom is -0.465 e. The van der Waals surface area contributed by atoms with Gasteiger partial charge in [-0.15, -0.1) is 0 Å². The van der Waals surface area contributed by atoms with Crippen molar-refractivity contribution in [2.75, 3.05) is 26.4 Å². The van der Waals surface area contributed by atoms with Crippen molar-refractivity contribution in [3.05, 3.63) is 0 Å². The lowest BCUT2D eigenvalue weighted by Crippen LogP contribution is -2.48. The van der Waals surface area contributed by atoms with E-state index >= 15 is 0 Å². The van der Waals surface area contributed by atoms with Gasteiger partial charge in [-0.3, -0.25) is 9.59 Å². The van der Waals surface area contributed by atoms with Gasteiger partial charge < -0.3 is 18.9 Å². The Bertz CT molecular complexity index is 477. The van der Waals surface area contributed by atoms with Crippen LogP contribution in [0.3, 0.4) is 0 Å². The zero-order valence-electron chi connectivity index (χ0n) is 22.5. The van der Waals surface area contributed by atoms with Crippen LogP contribution in [-0.2, 0) is 28.5 Å². The van der Waals surface area contributed by atoms with E-state index < -0.39 is 11.8 Å². The van der Waals surface area contributed by atoms with Gasteiger partial charge in [-0.05, 0) is 39.5 Å². The molecule has 200 valence electrons. The highest BCUT2D eigenvalue weighted by Crippen LogP contribution is 2.35. The van der Waals surface area contributed by atoms with E-state index in [1.165, 1.54) is 51.4 Å². The number of ether oxygens (including phenoxy) is 4. The topological polar surface area (TPSA) is 71.1 Å². The Balaban J connectivity index is 2.63. The molecule has 0 aliphatic heterocycles. The molecule has 0 aromatic rings. The van der Waals surface area contributed by atoms with Gasteiger partial charge in [0.25, 0.3) is 0 Å². The summed E-state index contributed by atoms with van der Waals surface area (Å²) in [7, 11) is 0. The average Bonchev–Trinajstić information content (AvgIpc) is 2.83. The molecule has 0 N–H and O–H groups in total. The largest absolute Gasteiger partial charge is 0.465 e. The van der Waals surface area contributed by atoms with Crippen LogP contribution >= 0.6 is 0 Å². The van der Waals surface area contributed by atoms with Crippen molar-refractivity contribution in [2.45, 2.75) is 130 Å². The monoisotopic (exact) mass is 484 g/mol. The van der Waals surface area contributed by atoms with Crippen LogP contribution in [0, 0.1) is 11.8 Å². The number of unbranched alkanes of at least 4 members (excludes halogenated alkanes) is 10. The third-order valence-electron chi connectivity index (χ3n) is 6.72. The van der Waals surface area contributed by atoms with Crippen LogP contribution in [0.2, 0.25) is 0 Å². The highest BCUT2D eigenvalue weighted by Gasteiger charge is 2.46. The molecule has 0 spiro atoms. The molecule has 1 rings (SSSR count). The summed E-state index contributed by atoms with van der Waals surface area (Å²) in [6, 6.07) is 0. The van der Waals surface area contributed by atoms with E-state index in [0.29, 0.717) is 39.3 Å². The fourth-order valence-electron chi connectivity index (χ4n) is 4.76. The Morgan fingerprint density at radius 2 is 0.912 bits per heavy atom. The van der Waals surface area contributed by atoms with Crippen LogP contribution < -0.4 is 0 Å². The first-order valence-corrected chi connectivity index (χ1v) is 14.1. The first kappa shape index (κ1) is 30.9. The number of hydrogen-bond acceptors (Lipinski definition) is 6. The molecule has 1 saturated carbocycles. The molecule has 0 radical (unpaired) electrons. The molecule has 0 aromatic heterocycles. The quantitative estimate of drug-likeness (QED) is 0.143. The first-order chi connectivity index (χ1) is 16.6. The standard InChI is InChI=1S/C28H52O6/c1-5-9-11-13-15-17-19-33-27(29)23-21-25(31-7-3)26(32-8-4)22-24(23)28(30)34-20-18-16-14-12-10-6-2/h23-26H,5-22H2,1-4H3. The zero-order valence-corrected chi connectivity index (χ0v) is 22.5. The molecule has 0 heterocycles. The second-order valence-electron chi connectivity index (χ2n) is 9.54. The number of hydrogen-bond donors (Lipinski definition) is 0. The van der Waals surface area contributed by atoms with Crippen molar-refractivity contribution < 1.29 is 28.5 Å². The molecule has 0 amide bonds. The Labute approximate surface area is 208 Å². The van der Waals surface area contributed by atoms with Crippen molar-refractivity contribution >= 4 is 11.9 Å². The maximum absolute atomic E-state index is 13.0. The number of esters is 2. The summed E-state index contributed by atoms with van der Waals surface area (Å²) < 4.78 is 23.0. The van der Waals surface area contributed by atoms with Gasteiger partial charge >= 0.3 is 11.9 Å². The predicted octanol–water partition coefficient (Wildman–Crippen LogP) is 6.63.